The summed E-state index contributed by atoms with van der Waals surface area (Å²) in [7, 11) is 1.61. The van der Waals surface area contributed by atoms with E-state index >= 15 is 0 Å². The van der Waals surface area contributed by atoms with Crippen molar-refractivity contribution in [1.29, 1.82) is 0 Å². The Morgan fingerprint density at radius 1 is 1.53 bits per heavy atom. The first-order valence-electron chi connectivity index (χ1n) is 5.64. The van der Waals surface area contributed by atoms with E-state index in [2.05, 4.69) is 10.0 Å². The second kappa shape index (κ2) is 6.56. The third-order valence-corrected chi connectivity index (χ3v) is 1.78. The predicted molar refractivity (Wildman–Crippen MR) is 61.3 cm³/mol. The van der Waals surface area contributed by atoms with Gasteiger partial charge in [-0.2, -0.15) is 0 Å². The number of benzene rings is 1. The molecule has 5 nitrogen and oxygen atoms in total. The van der Waals surface area contributed by atoms with Crippen molar-refractivity contribution in [3.63, 3.8) is 0 Å². The van der Waals surface area contributed by atoms with Crippen LogP contribution in [0.15, 0.2) is 29.4 Å². The molecule has 0 radical (unpaired) electrons. The fourth-order valence-electron chi connectivity index (χ4n) is 1.06. The first-order valence-corrected chi connectivity index (χ1v) is 4.64. The summed E-state index contributed by atoms with van der Waals surface area (Å²) in [6.07, 6.45) is 0.710. The first kappa shape index (κ1) is 9.68. The lowest BCUT2D eigenvalue weighted by Gasteiger charge is -2.06. The summed E-state index contributed by atoms with van der Waals surface area (Å²) in [5, 5.41) is 3.41. The monoisotopic (exact) mass is 214 g/mol. The molecule has 0 N–H and O–H groups in total. The number of azide groups is 1. The van der Waals surface area contributed by atoms with E-state index in [1.54, 1.807) is 7.11 Å². The van der Waals surface area contributed by atoms with Crippen LogP contribution in [0, 0.1) is 0 Å². The topological polar surface area (TPSA) is 67.2 Å². The molecule has 0 aromatic heterocycles. The van der Waals surface area contributed by atoms with Crippen LogP contribution in [0.5, 0.6) is 11.5 Å². The second-order valence-electron chi connectivity index (χ2n) is 2.84. The Hall–Kier alpha value is -1.87. The Labute approximate surface area is 92.8 Å². The van der Waals surface area contributed by atoms with Crippen molar-refractivity contribution in [3.05, 3.63) is 34.7 Å². The molecule has 0 bridgehead atoms. The molecular weight excluding hydrogens is 194 g/mol. The van der Waals surface area contributed by atoms with Crippen LogP contribution in [-0.2, 0) is 0 Å². The Kier molecular flexibility index (Phi) is 4.23. The van der Waals surface area contributed by atoms with E-state index in [0.29, 0.717) is 19.6 Å². The van der Waals surface area contributed by atoms with E-state index in [1.807, 2.05) is 24.3 Å². The van der Waals surface area contributed by atoms with Crippen LogP contribution >= 0.6 is 0 Å². The van der Waals surface area contributed by atoms with Gasteiger partial charge in [-0.1, -0.05) is 11.2 Å². The molecule has 0 aliphatic rings. The van der Waals surface area contributed by atoms with Crippen molar-refractivity contribution in [2.75, 3.05) is 20.3 Å². The van der Waals surface area contributed by atoms with Crippen molar-refractivity contribution in [1.82, 2.24) is 0 Å². The van der Waals surface area contributed by atoms with E-state index in [-0.39, 0.29) is 1.43 Å². The summed E-state index contributed by atoms with van der Waals surface area (Å²) in [5.74, 6) is 1.53. The highest BCUT2D eigenvalue weighted by Crippen LogP contribution is 2.18. The van der Waals surface area contributed by atoms with Gasteiger partial charge in [0.2, 0.25) is 0 Å². The highest BCUT2D eigenvalue weighted by atomic mass is 16.5. The zero-order chi connectivity index (χ0) is 12.9. The molecule has 0 heterocycles. The minimum Gasteiger partial charge on any atom is -0.497 e. The van der Waals surface area contributed by atoms with Crippen LogP contribution in [0.25, 0.3) is 10.4 Å². The summed E-state index contributed by atoms with van der Waals surface area (Å²) >= 11 is 0. The van der Waals surface area contributed by atoms with Gasteiger partial charge in [-0.3, -0.25) is 0 Å². The number of rotatable bonds is 6. The molecule has 0 unspecified atom stereocenters. The SMILES string of the molecule is COc1cccc(OCCCN=[N+]=[N-])c1.[2HH].[2H][2H]. The molecule has 0 spiro atoms. The van der Waals surface area contributed by atoms with Crippen molar-refractivity contribution in [3.8, 4) is 11.5 Å². The van der Waals surface area contributed by atoms with Gasteiger partial charge in [0.1, 0.15) is 11.5 Å². The van der Waals surface area contributed by atoms with Crippen LogP contribution in [0.2, 0.25) is 0 Å². The summed E-state index contributed by atoms with van der Waals surface area (Å²) in [6, 6.07) is 7.39. The van der Waals surface area contributed by atoms with Crippen LogP contribution in [-0.4, -0.2) is 20.3 Å². The number of nitrogens with zero attached hydrogens (tertiary/aromatic N) is 3. The third kappa shape index (κ3) is 4.24. The summed E-state index contributed by atoms with van der Waals surface area (Å²) < 4.78 is 20.5. The van der Waals surface area contributed by atoms with Gasteiger partial charge in [0.15, 0.2) is 0 Å². The van der Waals surface area contributed by atoms with Gasteiger partial charge in [-0.05, 0) is 24.1 Å². The number of hydrogen-bond donors (Lipinski definition) is 0. The molecule has 0 aliphatic carbocycles. The summed E-state index contributed by atoms with van der Waals surface area (Å²) in [6.45, 7) is 0.993. The van der Waals surface area contributed by atoms with Crippen molar-refractivity contribution >= 4 is 0 Å². The molecule has 0 fully saturated rings. The molecular formula is C10H17N3O2. The van der Waals surface area contributed by atoms with Crippen molar-refractivity contribution in [2.24, 2.45) is 5.11 Å². The number of ether oxygens (including phenoxy) is 2. The normalized spacial score (nSPS) is 9.67. The van der Waals surface area contributed by atoms with Crippen molar-refractivity contribution < 1.29 is 13.9 Å². The number of methoxy groups -OCH3 is 1. The lowest BCUT2D eigenvalue weighted by atomic mass is 10.3. The van der Waals surface area contributed by atoms with Gasteiger partial charge >= 0.3 is 0 Å². The lowest BCUT2D eigenvalue weighted by Crippen LogP contribution is -1.98. The van der Waals surface area contributed by atoms with Crippen LogP contribution in [0.1, 0.15) is 10.8 Å². The fourth-order valence-corrected chi connectivity index (χ4v) is 1.06. The highest BCUT2D eigenvalue weighted by Gasteiger charge is 1.95. The second-order valence-corrected chi connectivity index (χ2v) is 2.84. The fraction of sp³-hybridized carbons (Fsp3) is 0.400. The van der Waals surface area contributed by atoms with E-state index in [4.69, 9.17) is 18.0 Å². The minimum atomic E-state index is 0. The highest BCUT2D eigenvalue weighted by molar-refractivity contribution is 5.32. The predicted octanol–water partition coefficient (Wildman–Crippen LogP) is 3.27. The molecule has 84 valence electrons. The maximum atomic E-state index is 8.05. The van der Waals surface area contributed by atoms with Gasteiger partial charge in [0, 0.05) is 21.9 Å². The lowest BCUT2D eigenvalue weighted by molar-refractivity contribution is 0.311. The summed E-state index contributed by atoms with van der Waals surface area (Å²) in [4.78, 5) is 2.66. The zero-order valence-corrected chi connectivity index (χ0v) is 8.59. The van der Waals surface area contributed by atoms with Crippen LogP contribution in [0.3, 0.4) is 0 Å². The molecule has 0 amide bonds. The Morgan fingerprint density at radius 2 is 2.33 bits per heavy atom. The molecule has 15 heavy (non-hydrogen) atoms. The average molecular weight is 214 g/mol. The molecule has 1 aromatic carbocycles. The van der Waals surface area contributed by atoms with E-state index in [9.17, 15) is 0 Å². The van der Waals surface area contributed by atoms with E-state index in [0.717, 1.165) is 11.5 Å². The summed E-state index contributed by atoms with van der Waals surface area (Å²) in [5.41, 5.74) is 8.05. The van der Waals surface area contributed by atoms with Crippen LogP contribution in [0.4, 0.5) is 0 Å². The molecule has 1 aromatic rings. The Morgan fingerprint density at radius 3 is 3.07 bits per heavy atom. The maximum absolute atomic E-state index is 8.05. The molecule has 0 atom stereocenters. The van der Waals surface area contributed by atoms with E-state index < -0.39 is 0 Å². The minimum absolute atomic E-state index is 0. The molecule has 0 aliphatic heterocycles. The maximum Gasteiger partial charge on any atom is 0.122 e. The quantitative estimate of drug-likeness (QED) is 0.315. The van der Waals surface area contributed by atoms with Gasteiger partial charge in [0.25, 0.3) is 0 Å². The van der Waals surface area contributed by atoms with Crippen LogP contribution < -0.4 is 9.47 Å². The van der Waals surface area contributed by atoms with E-state index in [1.165, 1.54) is 0 Å². The molecule has 0 saturated heterocycles. The zero-order valence-electron chi connectivity index (χ0n) is 10.6. The average Bonchev–Trinajstić information content (AvgIpc) is 2.41. The molecule has 0 saturated carbocycles. The molecule has 1 rings (SSSR count). The molecule has 5 heteroatoms. The first-order chi connectivity index (χ1) is 8.36. The van der Waals surface area contributed by atoms with Gasteiger partial charge in [-0.25, -0.2) is 0 Å². The van der Waals surface area contributed by atoms with Gasteiger partial charge in [-0.15, -0.1) is 0 Å². The Bertz CT molecular complexity index is 360. The smallest absolute Gasteiger partial charge is 0.122 e. The van der Waals surface area contributed by atoms with Crippen molar-refractivity contribution in [2.45, 2.75) is 6.42 Å². The number of hydrogen-bond acceptors (Lipinski definition) is 3. The van der Waals surface area contributed by atoms with Gasteiger partial charge < -0.3 is 9.47 Å². The standard InChI is InChI=1S/C10H13N3O2.2H2/c1-14-9-4-2-5-10(8-9)15-7-3-6-12-13-11;;/h2,4-5,8H,3,6-7H2,1H3;2*1H/i;1+1D;1+1. The van der Waals surface area contributed by atoms with Gasteiger partial charge in [0.05, 0.1) is 13.7 Å². The Balaban J connectivity index is 0. The largest absolute Gasteiger partial charge is 0.497 e. The third-order valence-electron chi connectivity index (χ3n) is 1.78.